The van der Waals surface area contributed by atoms with Gasteiger partial charge in [-0.05, 0) is 66.7 Å². The van der Waals surface area contributed by atoms with Crippen LogP contribution in [0.15, 0.2) is 21.2 Å². The van der Waals surface area contributed by atoms with Crippen LogP contribution in [0.2, 0.25) is 0 Å². The molecule has 18 heavy (non-hydrogen) atoms. The predicted octanol–water partition coefficient (Wildman–Crippen LogP) is 3.01. The minimum absolute atomic E-state index is 0.795. The van der Waals surface area contributed by atoms with Crippen molar-refractivity contribution in [2.24, 2.45) is 5.92 Å². The van der Waals surface area contributed by atoms with E-state index in [1.54, 1.807) is 6.26 Å². The molecule has 1 aromatic rings. The second-order valence-corrected chi connectivity index (χ2v) is 6.42. The molecule has 2 fully saturated rings. The van der Waals surface area contributed by atoms with Gasteiger partial charge >= 0.3 is 0 Å². The van der Waals surface area contributed by atoms with Gasteiger partial charge in [-0.3, -0.25) is 4.90 Å². The van der Waals surface area contributed by atoms with Gasteiger partial charge in [-0.25, -0.2) is 0 Å². The molecule has 0 aromatic carbocycles. The number of rotatable bonds is 5. The van der Waals surface area contributed by atoms with Crippen LogP contribution in [0, 0.1) is 5.92 Å². The average molecular weight is 313 g/mol. The van der Waals surface area contributed by atoms with Gasteiger partial charge in [-0.15, -0.1) is 0 Å². The van der Waals surface area contributed by atoms with Crippen molar-refractivity contribution in [3.63, 3.8) is 0 Å². The summed E-state index contributed by atoms with van der Waals surface area (Å²) in [7, 11) is 0. The summed E-state index contributed by atoms with van der Waals surface area (Å²) < 4.78 is 6.66. The first-order chi connectivity index (χ1) is 8.83. The minimum Gasteiger partial charge on any atom is -0.467 e. The van der Waals surface area contributed by atoms with Gasteiger partial charge in [0, 0.05) is 12.6 Å². The number of nitrogens with one attached hydrogen (secondary N) is 1. The Hall–Kier alpha value is -0.320. The van der Waals surface area contributed by atoms with E-state index in [1.165, 1.54) is 45.3 Å². The lowest BCUT2D eigenvalue weighted by molar-refractivity contribution is 0.180. The number of piperidine rings is 1. The van der Waals surface area contributed by atoms with Gasteiger partial charge < -0.3 is 9.73 Å². The van der Waals surface area contributed by atoms with Crippen molar-refractivity contribution >= 4 is 15.9 Å². The first kappa shape index (κ1) is 12.7. The van der Waals surface area contributed by atoms with Crippen molar-refractivity contribution in [1.82, 2.24) is 10.2 Å². The van der Waals surface area contributed by atoms with Gasteiger partial charge in [-0.1, -0.05) is 0 Å². The molecule has 0 bridgehead atoms. The zero-order chi connectivity index (χ0) is 12.4. The highest BCUT2D eigenvalue weighted by molar-refractivity contribution is 9.10. The first-order valence-electron chi connectivity index (χ1n) is 6.99. The van der Waals surface area contributed by atoms with E-state index >= 15 is 0 Å². The summed E-state index contributed by atoms with van der Waals surface area (Å²) in [5, 5.41) is 3.51. The topological polar surface area (TPSA) is 28.4 Å². The van der Waals surface area contributed by atoms with Gasteiger partial charge in [-0.2, -0.15) is 0 Å². The molecule has 1 N–H and O–H groups in total. The maximum atomic E-state index is 5.56. The third-order valence-corrected chi connectivity index (χ3v) is 4.70. The Labute approximate surface area is 117 Å². The molecule has 1 aliphatic heterocycles. The molecule has 0 amide bonds. The predicted molar refractivity (Wildman–Crippen MR) is 75.4 cm³/mol. The fourth-order valence-electron chi connectivity index (χ4n) is 2.82. The zero-order valence-electron chi connectivity index (χ0n) is 10.7. The molecule has 3 rings (SSSR count). The minimum atomic E-state index is 0.795. The summed E-state index contributed by atoms with van der Waals surface area (Å²) >= 11 is 3.56. The molecule has 1 saturated carbocycles. The van der Waals surface area contributed by atoms with Crippen molar-refractivity contribution in [3.05, 3.63) is 22.6 Å². The fraction of sp³-hybridized carbons (Fsp3) is 0.714. The lowest BCUT2D eigenvalue weighted by Gasteiger charge is -2.29. The third-order valence-electron chi connectivity index (χ3n) is 3.99. The van der Waals surface area contributed by atoms with E-state index in [0.29, 0.717) is 0 Å². The Morgan fingerprint density at radius 1 is 1.39 bits per heavy atom. The highest BCUT2D eigenvalue weighted by Gasteiger charge is 2.31. The molecule has 1 saturated heterocycles. The van der Waals surface area contributed by atoms with Crippen LogP contribution in [-0.2, 0) is 6.54 Å². The number of nitrogens with zero attached hydrogens (tertiary/aromatic N) is 1. The summed E-state index contributed by atoms with van der Waals surface area (Å²) in [6.45, 7) is 4.55. The Morgan fingerprint density at radius 3 is 2.89 bits per heavy atom. The average Bonchev–Trinajstić information content (AvgIpc) is 3.16. The maximum Gasteiger partial charge on any atom is 0.131 e. The highest BCUT2D eigenvalue weighted by Crippen LogP contribution is 2.31. The molecule has 3 nitrogen and oxygen atoms in total. The molecular weight excluding hydrogens is 292 g/mol. The van der Waals surface area contributed by atoms with Gasteiger partial charge in [0.15, 0.2) is 0 Å². The second-order valence-electron chi connectivity index (χ2n) is 5.56. The van der Waals surface area contributed by atoms with Crippen LogP contribution in [0.25, 0.3) is 0 Å². The Balaban J connectivity index is 1.59. The number of halogens is 1. The number of furan rings is 1. The van der Waals surface area contributed by atoms with Crippen LogP contribution in [0.3, 0.4) is 0 Å². The van der Waals surface area contributed by atoms with Crippen LogP contribution in [0.1, 0.15) is 31.4 Å². The molecule has 1 unspecified atom stereocenters. The largest absolute Gasteiger partial charge is 0.467 e. The van der Waals surface area contributed by atoms with Gasteiger partial charge in [0.1, 0.15) is 5.76 Å². The van der Waals surface area contributed by atoms with Crippen LogP contribution in [-0.4, -0.2) is 30.6 Å². The molecule has 0 spiro atoms. The fourth-order valence-corrected chi connectivity index (χ4v) is 3.14. The van der Waals surface area contributed by atoms with Gasteiger partial charge in [0.05, 0.1) is 17.3 Å². The SMILES string of the molecule is Brc1ccoc1CN(CC1CCCNC1)C1CC1. The highest BCUT2D eigenvalue weighted by atomic mass is 79.9. The Kier molecular flexibility index (Phi) is 4.07. The normalized spacial score (nSPS) is 24.7. The van der Waals surface area contributed by atoms with Crippen molar-refractivity contribution in [2.75, 3.05) is 19.6 Å². The van der Waals surface area contributed by atoms with Crippen molar-refractivity contribution < 1.29 is 4.42 Å². The number of hydrogen-bond acceptors (Lipinski definition) is 3. The van der Waals surface area contributed by atoms with Crippen LogP contribution in [0.4, 0.5) is 0 Å². The standard InChI is InChI=1S/C14H21BrN2O/c15-13-5-7-18-14(13)10-17(12-3-4-12)9-11-2-1-6-16-8-11/h5,7,11-12,16H,1-4,6,8-10H2. The first-order valence-corrected chi connectivity index (χ1v) is 7.79. The Morgan fingerprint density at radius 2 is 2.28 bits per heavy atom. The van der Waals surface area contributed by atoms with Crippen LogP contribution >= 0.6 is 15.9 Å². The lowest BCUT2D eigenvalue weighted by Crippen LogP contribution is -2.39. The van der Waals surface area contributed by atoms with E-state index in [9.17, 15) is 0 Å². The summed E-state index contributed by atoms with van der Waals surface area (Å²) in [5.41, 5.74) is 0. The van der Waals surface area contributed by atoms with Crippen molar-refractivity contribution in [1.29, 1.82) is 0 Å². The zero-order valence-corrected chi connectivity index (χ0v) is 12.3. The smallest absolute Gasteiger partial charge is 0.131 e. The monoisotopic (exact) mass is 312 g/mol. The van der Waals surface area contributed by atoms with Crippen LogP contribution in [0.5, 0.6) is 0 Å². The van der Waals surface area contributed by atoms with E-state index in [1.807, 2.05) is 6.07 Å². The molecule has 2 heterocycles. The quantitative estimate of drug-likeness (QED) is 0.906. The molecule has 1 aliphatic carbocycles. The summed E-state index contributed by atoms with van der Waals surface area (Å²) in [6, 6.07) is 2.78. The molecule has 2 aliphatic rings. The van der Waals surface area contributed by atoms with E-state index in [2.05, 4.69) is 26.1 Å². The van der Waals surface area contributed by atoms with Crippen molar-refractivity contribution in [3.8, 4) is 0 Å². The summed E-state index contributed by atoms with van der Waals surface area (Å²) in [5.74, 6) is 1.89. The van der Waals surface area contributed by atoms with E-state index in [4.69, 9.17) is 4.42 Å². The van der Waals surface area contributed by atoms with E-state index in [-0.39, 0.29) is 0 Å². The van der Waals surface area contributed by atoms with E-state index in [0.717, 1.165) is 28.7 Å². The molecule has 4 heteroatoms. The van der Waals surface area contributed by atoms with Gasteiger partial charge in [0.25, 0.3) is 0 Å². The van der Waals surface area contributed by atoms with Gasteiger partial charge in [0.2, 0.25) is 0 Å². The second kappa shape index (κ2) is 5.76. The number of hydrogen-bond donors (Lipinski definition) is 1. The van der Waals surface area contributed by atoms with Crippen molar-refractivity contribution in [2.45, 2.75) is 38.3 Å². The molecular formula is C14H21BrN2O. The maximum absolute atomic E-state index is 5.56. The third kappa shape index (κ3) is 3.16. The lowest BCUT2D eigenvalue weighted by atomic mass is 9.99. The van der Waals surface area contributed by atoms with E-state index < -0.39 is 0 Å². The van der Waals surface area contributed by atoms with Crippen LogP contribution < -0.4 is 5.32 Å². The Bertz CT molecular complexity index is 383. The molecule has 1 atom stereocenters. The molecule has 0 radical (unpaired) electrons. The summed E-state index contributed by atoms with van der Waals surface area (Å²) in [4.78, 5) is 2.61. The summed E-state index contributed by atoms with van der Waals surface area (Å²) in [6.07, 6.45) is 7.19. The molecule has 100 valence electrons. The molecule has 1 aromatic heterocycles.